The average Bonchev–Trinajstić information content (AvgIpc) is 3.31. The lowest BCUT2D eigenvalue weighted by Gasteiger charge is -2.13. The first kappa shape index (κ1) is 23.9. The summed E-state index contributed by atoms with van der Waals surface area (Å²) in [6, 6.07) is 8.08. The number of thiocarbonyl (C=S) groups is 1. The zero-order valence-corrected chi connectivity index (χ0v) is 21.0. The zero-order chi connectivity index (χ0) is 23.4. The van der Waals surface area contributed by atoms with Crippen molar-refractivity contribution < 1.29 is 14.3 Å². The predicted octanol–water partition coefficient (Wildman–Crippen LogP) is 5.38. The van der Waals surface area contributed by atoms with Crippen LogP contribution in [0.1, 0.15) is 48.5 Å². The fraction of sp³-hybridized carbons (Fsp3) is 0.261. The van der Waals surface area contributed by atoms with Gasteiger partial charge >= 0.3 is 5.97 Å². The topological polar surface area (TPSA) is 79.5 Å². The molecule has 168 valence electrons. The fourth-order valence-electron chi connectivity index (χ4n) is 3.43. The van der Waals surface area contributed by atoms with Crippen LogP contribution >= 0.6 is 34.9 Å². The first-order valence-electron chi connectivity index (χ1n) is 9.99. The summed E-state index contributed by atoms with van der Waals surface area (Å²) in [6.07, 6.45) is 0.699. The summed E-state index contributed by atoms with van der Waals surface area (Å²) in [7, 11) is 1.35. The number of nitrogens with one attached hydrogen (secondary N) is 3. The summed E-state index contributed by atoms with van der Waals surface area (Å²) < 4.78 is 4.93. The Balaban J connectivity index is 1.73. The van der Waals surface area contributed by atoms with Gasteiger partial charge in [-0.2, -0.15) is 0 Å². The van der Waals surface area contributed by atoms with E-state index in [0.717, 1.165) is 32.0 Å². The SMILES string of the molecule is CCc1c(C)sc(NC(=S)NNC(=O)c2csc(C)c2-c2ccc(C)cc2)c1C(=O)OC. The molecule has 0 spiro atoms. The van der Waals surface area contributed by atoms with Crippen LogP contribution in [0.5, 0.6) is 0 Å². The second kappa shape index (κ2) is 10.2. The number of carbonyl (C=O) groups is 2. The van der Waals surface area contributed by atoms with Gasteiger partial charge in [-0.3, -0.25) is 15.6 Å². The molecule has 0 fully saturated rings. The van der Waals surface area contributed by atoms with Crippen LogP contribution in [0.2, 0.25) is 0 Å². The molecule has 0 bridgehead atoms. The molecule has 0 radical (unpaired) electrons. The highest BCUT2D eigenvalue weighted by atomic mass is 32.1. The Bertz CT molecular complexity index is 1160. The van der Waals surface area contributed by atoms with Crippen molar-refractivity contribution in [3.63, 3.8) is 0 Å². The first-order valence-corrected chi connectivity index (χ1v) is 12.1. The van der Waals surface area contributed by atoms with Crippen molar-refractivity contribution in [1.82, 2.24) is 10.9 Å². The highest BCUT2D eigenvalue weighted by molar-refractivity contribution is 7.80. The maximum Gasteiger partial charge on any atom is 0.341 e. The number of hydrogen-bond donors (Lipinski definition) is 3. The second-order valence-electron chi connectivity index (χ2n) is 7.17. The second-order valence-corrected chi connectivity index (χ2v) is 9.88. The number of amides is 1. The smallest absolute Gasteiger partial charge is 0.341 e. The fourth-order valence-corrected chi connectivity index (χ4v) is 5.65. The number of thiophene rings is 2. The standard InChI is InChI=1S/C23H25N3O3S3/c1-6-16-13(3)32-21(19(16)22(28)29-5)24-23(30)26-25-20(27)17-11-31-14(4)18(17)15-9-7-12(2)8-10-15/h7-11H,6H2,1-5H3,(H,25,27)(H2,24,26,30). The molecule has 3 aromatic rings. The Labute approximate surface area is 201 Å². The van der Waals surface area contributed by atoms with Gasteiger partial charge in [-0.25, -0.2) is 4.79 Å². The number of hydrazine groups is 1. The van der Waals surface area contributed by atoms with Crippen LogP contribution in [-0.4, -0.2) is 24.1 Å². The zero-order valence-electron chi connectivity index (χ0n) is 18.5. The summed E-state index contributed by atoms with van der Waals surface area (Å²) in [5, 5.41) is 5.61. The van der Waals surface area contributed by atoms with Crippen LogP contribution < -0.4 is 16.2 Å². The number of benzene rings is 1. The molecule has 3 N–H and O–H groups in total. The molecule has 2 aromatic heterocycles. The van der Waals surface area contributed by atoms with Crippen LogP contribution in [0.15, 0.2) is 29.6 Å². The lowest BCUT2D eigenvalue weighted by molar-refractivity contribution is 0.0601. The highest BCUT2D eigenvalue weighted by Gasteiger charge is 2.23. The summed E-state index contributed by atoms with van der Waals surface area (Å²) in [6.45, 7) is 7.95. The number of esters is 1. The number of methoxy groups -OCH3 is 1. The molecule has 2 heterocycles. The van der Waals surface area contributed by atoms with Crippen LogP contribution in [0, 0.1) is 20.8 Å². The monoisotopic (exact) mass is 487 g/mol. The van der Waals surface area contributed by atoms with E-state index >= 15 is 0 Å². The van der Waals surface area contributed by atoms with E-state index < -0.39 is 5.97 Å². The molecule has 0 saturated heterocycles. The summed E-state index contributed by atoms with van der Waals surface area (Å²) >= 11 is 8.29. The number of anilines is 1. The maximum atomic E-state index is 12.9. The van der Waals surface area contributed by atoms with E-state index in [2.05, 4.69) is 16.2 Å². The van der Waals surface area contributed by atoms with Gasteiger partial charge in [0.1, 0.15) is 5.00 Å². The minimum absolute atomic E-state index is 0.177. The number of carbonyl (C=O) groups excluding carboxylic acids is 2. The lowest BCUT2D eigenvalue weighted by atomic mass is 10.0. The quantitative estimate of drug-likeness (QED) is 0.255. The summed E-state index contributed by atoms with van der Waals surface area (Å²) in [5.41, 5.74) is 10.4. The maximum absolute atomic E-state index is 12.9. The molecule has 32 heavy (non-hydrogen) atoms. The Kier molecular flexibility index (Phi) is 7.65. The van der Waals surface area contributed by atoms with Crippen molar-refractivity contribution in [2.24, 2.45) is 0 Å². The molecule has 0 unspecified atom stereocenters. The van der Waals surface area contributed by atoms with Crippen molar-refractivity contribution in [1.29, 1.82) is 0 Å². The molecule has 0 aliphatic carbocycles. The van der Waals surface area contributed by atoms with Crippen molar-refractivity contribution in [3.05, 3.63) is 61.7 Å². The largest absolute Gasteiger partial charge is 0.465 e. The highest BCUT2D eigenvalue weighted by Crippen LogP contribution is 2.34. The molecule has 0 aliphatic rings. The molecule has 0 saturated carbocycles. The molecular weight excluding hydrogens is 462 g/mol. The molecule has 0 aliphatic heterocycles. The Morgan fingerprint density at radius 3 is 2.38 bits per heavy atom. The number of rotatable bonds is 5. The van der Waals surface area contributed by atoms with E-state index in [1.54, 1.807) is 0 Å². The van der Waals surface area contributed by atoms with Crippen molar-refractivity contribution in [2.45, 2.75) is 34.1 Å². The minimum atomic E-state index is -0.419. The summed E-state index contributed by atoms with van der Waals surface area (Å²) in [5.74, 6) is -0.712. The lowest BCUT2D eigenvalue weighted by Crippen LogP contribution is -2.43. The van der Waals surface area contributed by atoms with Crippen molar-refractivity contribution in [3.8, 4) is 11.1 Å². The van der Waals surface area contributed by atoms with E-state index in [1.165, 1.54) is 29.8 Å². The van der Waals surface area contributed by atoms with E-state index in [0.29, 0.717) is 22.5 Å². The van der Waals surface area contributed by atoms with Gasteiger partial charge in [0.25, 0.3) is 5.91 Å². The molecule has 6 nitrogen and oxygen atoms in total. The van der Waals surface area contributed by atoms with E-state index in [-0.39, 0.29) is 11.0 Å². The van der Waals surface area contributed by atoms with E-state index in [9.17, 15) is 9.59 Å². The third-order valence-corrected chi connectivity index (χ3v) is 7.21. The van der Waals surface area contributed by atoms with Crippen LogP contribution in [0.4, 0.5) is 5.00 Å². The Morgan fingerprint density at radius 2 is 1.75 bits per heavy atom. The molecular formula is C23H25N3O3S3. The van der Waals surface area contributed by atoms with Crippen molar-refractivity contribution >= 4 is 56.9 Å². The molecule has 1 aromatic carbocycles. The molecule has 0 atom stereocenters. The third-order valence-electron chi connectivity index (χ3n) is 5.03. The third kappa shape index (κ3) is 5.01. The van der Waals surface area contributed by atoms with Gasteiger partial charge in [-0.15, -0.1) is 22.7 Å². The first-order chi connectivity index (χ1) is 15.3. The number of ether oxygens (including phenoxy) is 1. The molecule has 3 rings (SSSR count). The predicted molar refractivity (Wildman–Crippen MR) is 136 cm³/mol. The normalized spacial score (nSPS) is 10.5. The Morgan fingerprint density at radius 1 is 1.06 bits per heavy atom. The molecule has 9 heteroatoms. The van der Waals surface area contributed by atoms with Crippen molar-refractivity contribution in [2.75, 3.05) is 12.4 Å². The van der Waals surface area contributed by atoms with Gasteiger partial charge in [-0.05, 0) is 50.5 Å². The minimum Gasteiger partial charge on any atom is -0.465 e. The molecule has 1 amide bonds. The van der Waals surface area contributed by atoms with Crippen LogP contribution in [0.25, 0.3) is 11.1 Å². The van der Waals surface area contributed by atoms with E-state index in [1.807, 2.05) is 57.3 Å². The van der Waals surface area contributed by atoms with Gasteiger partial charge in [0.15, 0.2) is 5.11 Å². The van der Waals surface area contributed by atoms with Gasteiger partial charge in [0, 0.05) is 20.7 Å². The summed E-state index contributed by atoms with van der Waals surface area (Å²) in [4.78, 5) is 27.2. The van der Waals surface area contributed by atoms with Crippen LogP contribution in [-0.2, 0) is 11.2 Å². The number of hydrogen-bond acceptors (Lipinski definition) is 6. The van der Waals surface area contributed by atoms with Gasteiger partial charge in [0.05, 0.1) is 18.2 Å². The number of aryl methyl sites for hydroxylation is 3. The van der Waals surface area contributed by atoms with Gasteiger partial charge in [0.2, 0.25) is 0 Å². The van der Waals surface area contributed by atoms with Gasteiger partial charge in [-0.1, -0.05) is 36.8 Å². The van der Waals surface area contributed by atoms with E-state index in [4.69, 9.17) is 17.0 Å². The average molecular weight is 488 g/mol. The van der Waals surface area contributed by atoms with Gasteiger partial charge < -0.3 is 10.1 Å². The Hall–Kier alpha value is -2.75. The van der Waals surface area contributed by atoms with Crippen LogP contribution in [0.3, 0.4) is 0 Å².